The van der Waals surface area contributed by atoms with Gasteiger partial charge in [-0.05, 0) is 18.6 Å². The molecule has 1 aromatic heterocycles. The third-order valence-corrected chi connectivity index (χ3v) is 2.12. The zero-order chi connectivity index (χ0) is 9.97. The van der Waals surface area contributed by atoms with Crippen LogP contribution in [0.25, 0.3) is 11.1 Å². The molecule has 0 aliphatic heterocycles. The fourth-order valence-corrected chi connectivity index (χ4v) is 1.31. The molecule has 0 N–H and O–H groups in total. The first-order valence-electron chi connectivity index (χ1n) is 4.40. The van der Waals surface area contributed by atoms with Crippen molar-refractivity contribution in [3.63, 3.8) is 0 Å². The molecular formula is C12H10O2. The van der Waals surface area contributed by atoms with Gasteiger partial charge in [-0.25, -0.2) is 0 Å². The zero-order valence-corrected chi connectivity index (χ0v) is 7.86. The van der Waals surface area contributed by atoms with Gasteiger partial charge in [0.2, 0.25) is 0 Å². The second-order valence-electron chi connectivity index (χ2n) is 3.22. The first-order chi connectivity index (χ1) is 6.79. The van der Waals surface area contributed by atoms with Crippen LogP contribution < -0.4 is 0 Å². The summed E-state index contributed by atoms with van der Waals surface area (Å²) in [6.07, 6.45) is 2.30. The van der Waals surface area contributed by atoms with Gasteiger partial charge >= 0.3 is 0 Å². The van der Waals surface area contributed by atoms with E-state index in [1.54, 1.807) is 12.3 Å². The summed E-state index contributed by atoms with van der Waals surface area (Å²) in [5.74, 6) is 0.362. The minimum atomic E-state index is 0.362. The van der Waals surface area contributed by atoms with Crippen molar-refractivity contribution >= 4 is 6.29 Å². The fraction of sp³-hybridized carbons (Fsp3) is 0.0833. The minimum Gasteiger partial charge on any atom is -0.461 e. The van der Waals surface area contributed by atoms with Crippen molar-refractivity contribution in [1.82, 2.24) is 0 Å². The predicted octanol–water partition coefficient (Wildman–Crippen LogP) is 3.07. The topological polar surface area (TPSA) is 30.2 Å². The first kappa shape index (κ1) is 8.75. The molecule has 0 atom stereocenters. The average Bonchev–Trinajstić information content (AvgIpc) is 2.67. The molecule has 0 radical (unpaired) electrons. The molecule has 70 valence electrons. The van der Waals surface area contributed by atoms with Gasteiger partial charge in [0.05, 0.1) is 6.26 Å². The highest BCUT2D eigenvalue weighted by Gasteiger charge is 2.02. The highest BCUT2D eigenvalue weighted by Crippen LogP contribution is 2.21. The van der Waals surface area contributed by atoms with Crippen LogP contribution in [0, 0.1) is 6.92 Å². The van der Waals surface area contributed by atoms with E-state index in [9.17, 15) is 4.79 Å². The molecule has 0 saturated carbocycles. The molecule has 0 saturated heterocycles. The summed E-state index contributed by atoms with van der Waals surface area (Å²) in [4.78, 5) is 10.4. The highest BCUT2D eigenvalue weighted by atomic mass is 16.3. The number of hydrogen-bond donors (Lipinski definition) is 0. The maximum Gasteiger partial charge on any atom is 0.185 e. The van der Waals surface area contributed by atoms with Gasteiger partial charge in [0.25, 0.3) is 0 Å². The third kappa shape index (κ3) is 1.59. The Morgan fingerprint density at radius 2 is 1.86 bits per heavy atom. The molecule has 0 unspecified atom stereocenters. The molecule has 2 heteroatoms. The fourth-order valence-electron chi connectivity index (χ4n) is 1.31. The average molecular weight is 186 g/mol. The van der Waals surface area contributed by atoms with Crippen LogP contribution in [0.3, 0.4) is 0 Å². The van der Waals surface area contributed by atoms with Crippen LogP contribution in [0.2, 0.25) is 0 Å². The predicted molar refractivity (Wildman–Crippen MR) is 54.3 cm³/mol. The number of carbonyl (C=O) groups is 1. The van der Waals surface area contributed by atoms with Gasteiger partial charge in [0, 0.05) is 5.56 Å². The summed E-state index contributed by atoms with van der Waals surface area (Å²) in [5.41, 5.74) is 3.22. The number of hydrogen-bond acceptors (Lipinski definition) is 2. The van der Waals surface area contributed by atoms with E-state index in [2.05, 4.69) is 0 Å². The van der Waals surface area contributed by atoms with Gasteiger partial charge in [0.1, 0.15) is 0 Å². The van der Waals surface area contributed by atoms with Crippen LogP contribution in [0.1, 0.15) is 16.1 Å². The van der Waals surface area contributed by atoms with Crippen molar-refractivity contribution in [3.8, 4) is 11.1 Å². The standard InChI is InChI=1S/C12H10O2/c1-9-2-4-10(5-3-9)11-6-12(7-13)14-8-11/h2-8H,1H3. The Kier molecular flexibility index (Phi) is 2.19. The van der Waals surface area contributed by atoms with Crippen molar-refractivity contribution in [3.05, 3.63) is 47.9 Å². The van der Waals surface area contributed by atoms with Gasteiger partial charge in [-0.3, -0.25) is 4.79 Å². The summed E-state index contributed by atoms with van der Waals surface area (Å²) < 4.78 is 5.03. The third-order valence-electron chi connectivity index (χ3n) is 2.12. The molecule has 2 aromatic rings. The van der Waals surface area contributed by atoms with Crippen molar-refractivity contribution in [2.24, 2.45) is 0 Å². The summed E-state index contributed by atoms with van der Waals surface area (Å²) in [7, 11) is 0. The first-order valence-corrected chi connectivity index (χ1v) is 4.40. The smallest absolute Gasteiger partial charge is 0.185 e. The van der Waals surface area contributed by atoms with Crippen molar-refractivity contribution < 1.29 is 9.21 Å². The van der Waals surface area contributed by atoms with Gasteiger partial charge in [-0.15, -0.1) is 0 Å². The summed E-state index contributed by atoms with van der Waals surface area (Å²) >= 11 is 0. The maximum absolute atomic E-state index is 10.4. The molecule has 0 spiro atoms. The van der Waals surface area contributed by atoms with E-state index in [4.69, 9.17) is 4.42 Å². The normalized spacial score (nSPS) is 10.1. The number of benzene rings is 1. The Morgan fingerprint density at radius 1 is 1.14 bits per heavy atom. The Balaban J connectivity index is 2.39. The molecule has 1 heterocycles. The van der Waals surface area contributed by atoms with Crippen LogP contribution >= 0.6 is 0 Å². The van der Waals surface area contributed by atoms with Crippen LogP contribution in [-0.2, 0) is 0 Å². The Labute approximate surface area is 82.2 Å². The van der Waals surface area contributed by atoms with Crippen molar-refractivity contribution in [2.75, 3.05) is 0 Å². The minimum absolute atomic E-state index is 0.362. The molecule has 2 nitrogen and oxygen atoms in total. The van der Waals surface area contributed by atoms with Crippen LogP contribution in [0.15, 0.2) is 41.0 Å². The monoisotopic (exact) mass is 186 g/mol. The van der Waals surface area contributed by atoms with E-state index in [1.165, 1.54) is 5.56 Å². The molecule has 0 bridgehead atoms. The lowest BCUT2D eigenvalue weighted by molar-refractivity contribution is 0.110. The zero-order valence-electron chi connectivity index (χ0n) is 7.86. The molecule has 0 aliphatic carbocycles. The second kappa shape index (κ2) is 3.50. The quantitative estimate of drug-likeness (QED) is 0.674. The van der Waals surface area contributed by atoms with E-state index in [-0.39, 0.29) is 0 Å². The highest BCUT2D eigenvalue weighted by molar-refractivity contribution is 5.75. The second-order valence-corrected chi connectivity index (χ2v) is 3.22. The Bertz CT molecular complexity index is 438. The molecule has 14 heavy (non-hydrogen) atoms. The van der Waals surface area contributed by atoms with E-state index < -0.39 is 0 Å². The molecule has 2 rings (SSSR count). The SMILES string of the molecule is Cc1ccc(-c2coc(C=O)c2)cc1. The van der Waals surface area contributed by atoms with E-state index in [0.717, 1.165) is 11.1 Å². The lowest BCUT2D eigenvalue weighted by Crippen LogP contribution is -1.75. The number of rotatable bonds is 2. The van der Waals surface area contributed by atoms with E-state index in [0.29, 0.717) is 12.0 Å². The number of carbonyl (C=O) groups excluding carboxylic acids is 1. The molecule has 0 aliphatic rings. The van der Waals surface area contributed by atoms with Gasteiger partial charge in [-0.1, -0.05) is 29.8 Å². The molecule has 0 amide bonds. The summed E-state index contributed by atoms with van der Waals surface area (Å²) in [6, 6.07) is 9.81. The van der Waals surface area contributed by atoms with E-state index in [1.807, 2.05) is 31.2 Å². The van der Waals surface area contributed by atoms with Gasteiger partial charge in [-0.2, -0.15) is 0 Å². The summed E-state index contributed by atoms with van der Waals surface area (Å²) in [6.45, 7) is 2.04. The number of aldehydes is 1. The lowest BCUT2D eigenvalue weighted by Gasteiger charge is -1.96. The largest absolute Gasteiger partial charge is 0.461 e. The number of furan rings is 1. The Morgan fingerprint density at radius 3 is 2.43 bits per heavy atom. The van der Waals surface area contributed by atoms with Crippen LogP contribution in [0.4, 0.5) is 0 Å². The number of aryl methyl sites for hydroxylation is 1. The van der Waals surface area contributed by atoms with Crippen LogP contribution in [-0.4, -0.2) is 6.29 Å². The molecule has 0 fully saturated rings. The van der Waals surface area contributed by atoms with Gasteiger partial charge < -0.3 is 4.42 Å². The van der Waals surface area contributed by atoms with Gasteiger partial charge in [0.15, 0.2) is 12.0 Å². The van der Waals surface area contributed by atoms with E-state index >= 15 is 0 Å². The lowest BCUT2D eigenvalue weighted by atomic mass is 10.1. The molecular weight excluding hydrogens is 176 g/mol. The Hall–Kier alpha value is -1.83. The van der Waals surface area contributed by atoms with Crippen molar-refractivity contribution in [2.45, 2.75) is 6.92 Å². The van der Waals surface area contributed by atoms with Crippen LogP contribution in [0.5, 0.6) is 0 Å². The molecule has 1 aromatic carbocycles. The van der Waals surface area contributed by atoms with Crippen molar-refractivity contribution in [1.29, 1.82) is 0 Å². The maximum atomic E-state index is 10.4. The summed E-state index contributed by atoms with van der Waals surface area (Å²) in [5, 5.41) is 0.